The van der Waals surface area contributed by atoms with Crippen LogP contribution in [0.3, 0.4) is 0 Å². The highest BCUT2D eigenvalue weighted by Gasteiger charge is 2.20. The Morgan fingerprint density at radius 1 is 1.09 bits per heavy atom. The van der Waals surface area contributed by atoms with Crippen LogP contribution in [0.1, 0.15) is 25.7 Å². The SMILES string of the molecule is CO[C@H]1CC[C@H](Nc2cc(Nc3cccc(Cl)c3)ncn2)CC1. The lowest BCUT2D eigenvalue weighted by Gasteiger charge is -2.28. The second-order valence-electron chi connectivity index (χ2n) is 5.78. The molecule has 1 aromatic carbocycles. The van der Waals surface area contributed by atoms with Crippen molar-refractivity contribution >= 4 is 28.9 Å². The summed E-state index contributed by atoms with van der Waals surface area (Å²) in [5.74, 6) is 1.58. The Morgan fingerprint density at radius 2 is 1.87 bits per heavy atom. The molecule has 122 valence electrons. The highest BCUT2D eigenvalue weighted by molar-refractivity contribution is 6.30. The van der Waals surface area contributed by atoms with Crippen molar-refractivity contribution in [2.75, 3.05) is 17.7 Å². The van der Waals surface area contributed by atoms with Gasteiger partial charge in [-0.3, -0.25) is 0 Å². The number of benzene rings is 1. The topological polar surface area (TPSA) is 59.1 Å². The molecule has 2 N–H and O–H groups in total. The van der Waals surface area contributed by atoms with Gasteiger partial charge in [-0.15, -0.1) is 0 Å². The Balaban J connectivity index is 1.61. The molecule has 1 aromatic heterocycles. The molecule has 0 amide bonds. The van der Waals surface area contributed by atoms with E-state index in [0.717, 1.165) is 43.0 Å². The van der Waals surface area contributed by atoms with Crippen molar-refractivity contribution in [1.82, 2.24) is 9.97 Å². The average molecular weight is 333 g/mol. The smallest absolute Gasteiger partial charge is 0.135 e. The number of methoxy groups -OCH3 is 1. The second-order valence-corrected chi connectivity index (χ2v) is 6.21. The molecule has 0 atom stereocenters. The molecule has 1 aliphatic carbocycles. The molecule has 2 aromatic rings. The molecule has 1 heterocycles. The van der Waals surface area contributed by atoms with E-state index in [0.29, 0.717) is 17.2 Å². The molecular weight excluding hydrogens is 312 g/mol. The van der Waals surface area contributed by atoms with Gasteiger partial charge in [-0.1, -0.05) is 17.7 Å². The highest BCUT2D eigenvalue weighted by atomic mass is 35.5. The molecule has 6 heteroatoms. The van der Waals surface area contributed by atoms with E-state index < -0.39 is 0 Å². The lowest BCUT2D eigenvalue weighted by atomic mass is 9.93. The zero-order chi connectivity index (χ0) is 16.1. The minimum absolute atomic E-state index is 0.401. The molecule has 0 unspecified atom stereocenters. The van der Waals surface area contributed by atoms with Crippen molar-refractivity contribution in [1.29, 1.82) is 0 Å². The van der Waals surface area contributed by atoms with Crippen molar-refractivity contribution < 1.29 is 4.74 Å². The number of hydrogen-bond donors (Lipinski definition) is 2. The van der Waals surface area contributed by atoms with Crippen molar-refractivity contribution in [3.05, 3.63) is 41.7 Å². The summed E-state index contributed by atoms with van der Waals surface area (Å²) in [7, 11) is 1.79. The molecule has 1 aliphatic rings. The van der Waals surface area contributed by atoms with Crippen LogP contribution in [-0.4, -0.2) is 29.2 Å². The highest BCUT2D eigenvalue weighted by Crippen LogP contribution is 2.24. The van der Waals surface area contributed by atoms with Crippen LogP contribution in [0.15, 0.2) is 36.7 Å². The zero-order valence-corrected chi connectivity index (χ0v) is 13.9. The van der Waals surface area contributed by atoms with Crippen LogP contribution < -0.4 is 10.6 Å². The lowest BCUT2D eigenvalue weighted by Crippen LogP contribution is -2.29. The first-order chi connectivity index (χ1) is 11.2. The third-order valence-electron chi connectivity index (χ3n) is 4.12. The fraction of sp³-hybridized carbons (Fsp3) is 0.412. The molecule has 23 heavy (non-hydrogen) atoms. The summed E-state index contributed by atoms with van der Waals surface area (Å²) in [5.41, 5.74) is 0.905. The van der Waals surface area contributed by atoms with Gasteiger partial charge in [0.15, 0.2) is 0 Å². The van der Waals surface area contributed by atoms with Gasteiger partial charge in [0.2, 0.25) is 0 Å². The Morgan fingerprint density at radius 3 is 2.61 bits per heavy atom. The molecule has 0 spiro atoms. The fourth-order valence-electron chi connectivity index (χ4n) is 2.87. The molecule has 0 aliphatic heterocycles. The summed E-state index contributed by atoms with van der Waals surface area (Å²) < 4.78 is 5.41. The second kappa shape index (κ2) is 7.62. The summed E-state index contributed by atoms with van der Waals surface area (Å²) >= 11 is 6.00. The molecule has 1 saturated carbocycles. The number of aromatic nitrogens is 2. The summed E-state index contributed by atoms with van der Waals surface area (Å²) in [6.07, 6.45) is 6.34. The van der Waals surface area contributed by atoms with Gasteiger partial charge in [0, 0.05) is 29.9 Å². The van der Waals surface area contributed by atoms with Crippen LogP contribution >= 0.6 is 11.6 Å². The maximum absolute atomic E-state index is 6.00. The average Bonchev–Trinajstić information content (AvgIpc) is 2.56. The van der Waals surface area contributed by atoms with Crippen LogP contribution in [0.25, 0.3) is 0 Å². The maximum atomic E-state index is 6.00. The minimum atomic E-state index is 0.401. The fourth-order valence-corrected chi connectivity index (χ4v) is 3.06. The minimum Gasteiger partial charge on any atom is -0.381 e. The van der Waals surface area contributed by atoms with E-state index >= 15 is 0 Å². The van der Waals surface area contributed by atoms with Crippen molar-refractivity contribution in [2.24, 2.45) is 0 Å². The van der Waals surface area contributed by atoms with Crippen LogP contribution in [0.5, 0.6) is 0 Å². The standard InChI is InChI=1S/C17H21ClN4O/c1-23-15-7-5-13(6-8-15)21-16-10-17(20-11-19-16)22-14-4-2-3-12(18)9-14/h2-4,9-11,13,15H,5-8H2,1H3,(H2,19,20,21,22)/t13-,15-. The first kappa shape index (κ1) is 16.0. The molecular formula is C17H21ClN4O. The van der Waals surface area contributed by atoms with E-state index in [2.05, 4.69) is 20.6 Å². The molecule has 5 nitrogen and oxygen atoms in total. The Hall–Kier alpha value is -1.85. The van der Waals surface area contributed by atoms with Crippen LogP contribution in [0.2, 0.25) is 5.02 Å². The van der Waals surface area contributed by atoms with E-state index in [9.17, 15) is 0 Å². The molecule has 0 bridgehead atoms. The monoisotopic (exact) mass is 332 g/mol. The third-order valence-corrected chi connectivity index (χ3v) is 4.36. The predicted molar refractivity (Wildman–Crippen MR) is 93.4 cm³/mol. The Labute approximate surface area is 141 Å². The van der Waals surface area contributed by atoms with Gasteiger partial charge in [0.05, 0.1) is 6.10 Å². The van der Waals surface area contributed by atoms with Crippen LogP contribution in [-0.2, 0) is 4.74 Å². The van der Waals surface area contributed by atoms with Crippen LogP contribution in [0, 0.1) is 0 Å². The van der Waals surface area contributed by atoms with Crippen molar-refractivity contribution in [3.8, 4) is 0 Å². The Kier molecular flexibility index (Phi) is 5.31. The Bertz CT molecular complexity index is 644. The van der Waals surface area contributed by atoms with E-state index in [-0.39, 0.29) is 0 Å². The van der Waals surface area contributed by atoms with Crippen LogP contribution in [0.4, 0.5) is 17.3 Å². The number of hydrogen-bond acceptors (Lipinski definition) is 5. The first-order valence-corrected chi connectivity index (χ1v) is 8.24. The summed E-state index contributed by atoms with van der Waals surface area (Å²) in [6.45, 7) is 0. The van der Waals surface area contributed by atoms with Gasteiger partial charge in [0.25, 0.3) is 0 Å². The van der Waals surface area contributed by atoms with Crippen molar-refractivity contribution in [2.45, 2.75) is 37.8 Å². The largest absolute Gasteiger partial charge is 0.381 e. The van der Waals surface area contributed by atoms with Gasteiger partial charge < -0.3 is 15.4 Å². The molecule has 1 fully saturated rings. The van der Waals surface area contributed by atoms with E-state index in [1.165, 1.54) is 0 Å². The summed E-state index contributed by atoms with van der Waals surface area (Å²) in [6, 6.07) is 9.92. The number of nitrogens with one attached hydrogen (secondary N) is 2. The maximum Gasteiger partial charge on any atom is 0.135 e. The predicted octanol–water partition coefficient (Wildman–Crippen LogP) is 4.24. The normalized spacial score (nSPS) is 21.0. The molecule has 3 rings (SSSR count). The van der Waals surface area contributed by atoms with E-state index in [1.807, 2.05) is 30.3 Å². The molecule has 0 saturated heterocycles. The van der Waals surface area contributed by atoms with Gasteiger partial charge in [-0.25, -0.2) is 9.97 Å². The van der Waals surface area contributed by atoms with Gasteiger partial charge in [-0.2, -0.15) is 0 Å². The quantitative estimate of drug-likeness (QED) is 0.857. The summed E-state index contributed by atoms with van der Waals surface area (Å²) in [5, 5.41) is 7.43. The summed E-state index contributed by atoms with van der Waals surface area (Å²) in [4.78, 5) is 8.57. The van der Waals surface area contributed by atoms with Gasteiger partial charge in [0.1, 0.15) is 18.0 Å². The van der Waals surface area contributed by atoms with Crippen molar-refractivity contribution in [3.63, 3.8) is 0 Å². The molecule has 0 radical (unpaired) electrons. The van der Waals surface area contributed by atoms with E-state index in [1.54, 1.807) is 13.4 Å². The van der Waals surface area contributed by atoms with Gasteiger partial charge >= 0.3 is 0 Å². The number of rotatable bonds is 5. The first-order valence-electron chi connectivity index (χ1n) is 7.87. The number of anilines is 3. The number of nitrogens with zero attached hydrogens (tertiary/aromatic N) is 2. The number of ether oxygens (including phenoxy) is 1. The van der Waals surface area contributed by atoms with Gasteiger partial charge in [-0.05, 0) is 43.9 Å². The zero-order valence-electron chi connectivity index (χ0n) is 13.1. The number of halogens is 1. The lowest BCUT2D eigenvalue weighted by molar-refractivity contribution is 0.0681. The van der Waals surface area contributed by atoms with E-state index in [4.69, 9.17) is 16.3 Å². The third kappa shape index (κ3) is 4.56.